The quantitative estimate of drug-likeness (QED) is 0.698. The van der Waals surface area contributed by atoms with Gasteiger partial charge in [0.1, 0.15) is 11.6 Å². The summed E-state index contributed by atoms with van der Waals surface area (Å²) in [6.07, 6.45) is 4.93. The number of nitrogens with zero attached hydrogens (tertiary/aromatic N) is 4. The second-order valence-corrected chi connectivity index (χ2v) is 5.88. The second-order valence-electron chi connectivity index (χ2n) is 5.88. The van der Waals surface area contributed by atoms with Gasteiger partial charge < -0.3 is 20.3 Å². The third-order valence-electron chi connectivity index (χ3n) is 3.58. The second kappa shape index (κ2) is 8.61. The Morgan fingerprint density at radius 2 is 1.78 bits per heavy atom. The van der Waals surface area contributed by atoms with Crippen molar-refractivity contribution in [3.05, 3.63) is 66.6 Å². The van der Waals surface area contributed by atoms with Crippen LogP contribution in [0.5, 0.6) is 11.8 Å². The van der Waals surface area contributed by atoms with E-state index >= 15 is 0 Å². The van der Waals surface area contributed by atoms with Crippen molar-refractivity contribution in [1.29, 1.82) is 0 Å². The van der Waals surface area contributed by atoms with E-state index < -0.39 is 0 Å². The molecular weight excluding hydrogens is 344 g/mol. The number of benzene rings is 1. The average molecular weight is 364 g/mol. The highest BCUT2D eigenvalue weighted by Gasteiger charge is 2.05. The fourth-order valence-electron chi connectivity index (χ4n) is 2.22. The Balaban J connectivity index is 1.51. The minimum Gasteiger partial charge on any atom is -0.424 e. The number of ether oxygens (including phenoxy) is 1. The molecule has 2 N–H and O–H groups in total. The summed E-state index contributed by atoms with van der Waals surface area (Å²) < 4.78 is 5.51. The molecule has 0 unspecified atom stereocenters. The maximum absolute atomic E-state index is 12.1. The maximum atomic E-state index is 12.1. The normalized spacial score (nSPS) is 10.1. The average Bonchev–Trinajstić information content (AvgIpc) is 2.69. The number of pyridine rings is 1. The summed E-state index contributed by atoms with van der Waals surface area (Å²) in [4.78, 5) is 26.2. The topological polar surface area (TPSA) is 92.3 Å². The third-order valence-corrected chi connectivity index (χ3v) is 3.58. The van der Waals surface area contributed by atoms with E-state index in [-0.39, 0.29) is 12.0 Å². The van der Waals surface area contributed by atoms with E-state index in [0.717, 1.165) is 11.4 Å². The monoisotopic (exact) mass is 364 g/mol. The predicted octanol–water partition coefficient (Wildman–Crippen LogP) is 3.05. The van der Waals surface area contributed by atoms with Gasteiger partial charge in [0.25, 0.3) is 0 Å². The van der Waals surface area contributed by atoms with Crippen LogP contribution in [0.15, 0.2) is 61.1 Å². The molecular formula is C19H20N6O2. The highest BCUT2D eigenvalue weighted by Crippen LogP contribution is 2.19. The number of nitrogens with one attached hydrogen (secondary N) is 2. The van der Waals surface area contributed by atoms with Gasteiger partial charge in [0, 0.05) is 44.9 Å². The Morgan fingerprint density at radius 1 is 1.04 bits per heavy atom. The first-order valence-corrected chi connectivity index (χ1v) is 8.32. The summed E-state index contributed by atoms with van der Waals surface area (Å²) >= 11 is 0. The van der Waals surface area contributed by atoms with Gasteiger partial charge in [0.15, 0.2) is 0 Å². The van der Waals surface area contributed by atoms with Gasteiger partial charge in [-0.2, -0.15) is 0 Å². The summed E-state index contributed by atoms with van der Waals surface area (Å²) in [6, 6.07) is 12.4. The lowest BCUT2D eigenvalue weighted by molar-refractivity contribution is 0.251. The van der Waals surface area contributed by atoms with Crippen molar-refractivity contribution in [2.75, 3.05) is 24.3 Å². The van der Waals surface area contributed by atoms with E-state index in [2.05, 4.69) is 25.6 Å². The predicted molar refractivity (Wildman–Crippen MR) is 103 cm³/mol. The molecule has 0 aliphatic rings. The molecule has 0 spiro atoms. The molecule has 1 aromatic carbocycles. The maximum Gasteiger partial charge on any atom is 0.321 e. The van der Waals surface area contributed by atoms with Crippen LogP contribution < -0.4 is 20.3 Å². The molecule has 2 aromatic heterocycles. The Hall–Kier alpha value is -3.68. The van der Waals surface area contributed by atoms with Gasteiger partial charge in [0.2, 0.25) is 0 Å². The molecule has 0 aliphatic carbocycles. The molecule has 27 heavy (non-hydrogen) atoms. The van der Waals surface area contributed by atoms with Crippen LogP contribution in [0.3, 0.4) is 0 Å². The highest BCUT2D eigenvalue weighted by molar-refractivity contribution is 5.89. The van der Waals surface area contributed by atoms with Crippen molar-refractivity contribution in [2.24, 2.45) is 0 Å². The standard InChI is InChI=1S/C19H20N6O2/c1-25(2)17-12-14(8-11-20-17)13-23-18(26)24-15-4-6-16(7-5-15)27-19-21-9-3-10-22-19/h3-12H,13H2,1-2H3,(H2,23,24,26). The highest BCUT2D eigenvalue weighted by atomic mass is 16.5. The van der Waals surface area contributed by atoms with E-state index in [0.29, 0.717) is 18.0 Å². The number of hydrogen-bond donors (Lipinski definition) is 2. The van der Waals surface area contributed by atoms with Gasteiger partial charge in [-0.3, -0.25) is 0 Å². The van der Waals surface area contributed by atoms with Gasteiger partial charge in [0.05, 0.1) is 0 Å². The summed E-state index contributed by atoms with van der Waals surface area (Å²) in [5.74, 6) is 1.42. The molecule has 2 heterocycles. The summed E-state index contributed by atoms with van der Waals surface area (Å²) in [5, 5.41) is 5.60. The van der Waals surface area contributed by atoms with Crippen molar-refractivity contribution in [2.45, 2.75) is 6.54 Å². The molecule has 138 valence electrons. The number of urea groups is 1. The fraction of sp³-hybridized carbons (Fsp3) is 0.158. The molecule has 0 saturated heterocycles. The smallest absolute Gasteiger partial charge is 0.321 e. The number of anilines is 2. The van der Waals surface area contributed by atoms with Crippen LogP contribution in [0.2, 0.25) is 0 Å². The third kappa shape index (κ3) is 5.40. The van der Waals surface area contributed by atoms with Crippen LogP contribution in [0, 0.1) is 0 Å². The summed E-state index contributed by atoms with van der Waals surface area (Å²) in [6.45, 7) is 0.404. The van der Waals surface area contributed by atoms with Crippen molar-refractivity contribution in [3.63, 3.8) is 0 Å². The molecule has 8 heteroatoms. The van der Waals surface area contributed by atoms with Crippen LogP contribution in [0.1, 0.15) is 5.56 Å². The van der Waals surface area contributed by atoms with E-state index in [1.807, 2.05) is 31.1 Å². The molecule has 3 rings (SSSR count). The van der Waals surface area contributed by atoms with E-state index in [9.17, 15) is 4.79 Å². The molecule has 3 aromatic rings. The number of amides is 2. The van der Waals surface area contributed by atoms with E-state index in [1.54, 1.807) is 48.9 Å². The molecule has 0 fully saturated rings. The zero-order valence-electron chi connectivity index (χ0n) is 15.1. The fourth-order valence-corrected chi connectivity index (χ4v) is 2.22. The lowest BCUT2D eigenvalue weighted by atomic mass is 10.2. The van der Waals surface area contributed by atoms with Crippen molar-refractivity contribution < 1.29 is 9.53 Å². The molecule has 2 amide bonds. The molecule has 8 nitrogen and oxygen atoms in total. The van der Waals surface area contributed by atoms with E-state index in [4.69, 9.17) is 4.74 Å². The van der Waals surface area contributed by atoms with Crippen molar-refractivity contribution >= 4 is 17.5 Å². The Morgan fingerprint density at radius 3 is 2.48 bits per heavy atom. The van der Waals surface area contributed by atoms with Crippen molar-refractivity contribution in [1.82, 2.24) is 20.3 Å². The Labute approximate surface area is 157 Å². The first-order valence-electron chi connectivity index (χ1n) is 8.32. The number of rotatable bonds is 6. The number of carbonyl (C=O) groups excluding carboxylic acids is 1. The number of carbonyl (C=O) groups is 1. The minimum atomic E-state index is -0.293. The van der Waals surface area contributed by atoms with Crippen LogP contribution >= 0.6 is 0 Å². The van der Waals surface area contributed by atoms with Gasteiger partial charge >= 0.3 is 12.0 Å². The molecule has 0 saturated carbocycles. The summed E-state index contributed by atoms with van der Waals surface area (Å²) in [5.41, 5.74) is 1.62. The van der Waals surface area contributed by atoms with Crippen LogP contribution in [0.4, 0.5) is 16.3 Å². The minimum absolute atomic E-state index is 0.269. The molecule has 0 atom stereocenters. The van der Waals surface area contributed by atoms with Gasteiger partial charge in [-0.1, -0.05) is 0 Å². The molecule has 0 aliphatic heterocycles. The van der Waals surface area contributed by atoms with Gasteiger partial charge in [-0.25, -0.2) is 19.7 Å². The number of aromatic nitrogens is 3. The SMILES string of the molecule is CN(C)c1cc(CNC(=O)Nc2ccc(Oc3ncccn3)cc2)ccn1. The lowest BCUT2D eigenvalue weighted by Crippen LogP contribution is -2.28. The van der Waals surface area contributed by atoms with Gasteiger partial charge in [-0.05, 0) is 48.0 Å². The zero-order chi connectivity index (χ0) is 19.1. The van der Waals surface area contributed by atoms with Crippen LogP contribution in [-0.4, -0.2) is 35.1 Å². The first-order chi connectivity index (χ1) is 13.1. The Kier molecular flexibility index (Phi) is 5.78. The number of hydrogen-bond acceptors (Lipinski definition) is 6. The first kappa shape index (κ1) is 18.1. The van der Waals surface area contributed by atoms with Crippen LogP contribution in [0.25, 0.3) is 0 Å². The van der Waals surface area contributed by atoms with Crippen LogP contribution in [-0.2, 0) is 6.54 Å². The molecule has 0 radical (unpaired) electrons. The summed E-state index contributed by atoms with van der Waals surface area (Å²) in [7, 11) is 3.84. The van der Waals surface area contributed by atoms with E-state index in [1.165, 1.54) is 0 Å². The largest absolute Gasteiger partial charge is 0.424 e. The van der Waals surface area contributed by atoms with Gasteiger partial charge in [-0.15, -0.1) is 0 Å². The Bertz CT molecular complexity index is 884. The lowest BCUT2D eigenvalue weighted by Gasteiger charge is -2.13. The molecule has 0 bridgehead atoms. The van der Waals surface area contributed by atoms with Crippen molar-refractivity contribution in [3.8, 4) is 11.8 Å². The zero-order valence-corrected chi connectivity index (χ0v) is 15.1.